The molecule has 2 aliphatic rings. The quantitative estimate of drug-likeness (QED) is 0.743. The Morgan fingerprint density at radius 1 is 1.00 bits per heavy atom. The Morgan fingerprint density at radius 2 is 1.76 bits per heavy atom. The van der Waals surface area contributed by atoms with Gasteiger partial charge in [-0.05, 0) is 12.8 Å². The van der Waals surface area contributed by atoms with E-state index in [0.717, 1.165) is 24.1 Å². The highest BCUT2D eigenvalue weighted by Gasteiger charge is 2.38. The van der Waals surface area contributed by atoms with Gasteiger partial charge in [0, 0.05) is 18.4 Å². The normalized spacial score (nSPS) is 22.9. The molecule has 1 aromatic carbocycles. The van der Waals surface area contributed by atoms with Crippen LogP contribution in [0.3, 0.4) is 0 Å². The van der Waals surface area contributed by atoms with Crippen LogP contribution in [0.4, 0.5) is 0 Å². The Kier molecular flexibility index (Phi) is 2.85. The van der Waals surface area contributed by atoms with E-state index in [0.29, 0.717) is 6.61 Å². The van der Waals surface area contributed by atoms with Crippen molar-refractivity contribution in [2.24, 2.45) is 5.16 Å². The summed E-state index contributed by atoms with van der Waals surface area (Å²) in [5.41, 5.74) is 1.97. The lowest BCUT2D eigenvalue weighted by atomic mass is 9.94. The minimum atomic E-state index is -0.420. The van der Waals surface area contributed by atoms with Crippen molar-refractivity contribution in [2.45, 2.75) is 37.9 Å². The fourth-order valence-electron chi connectivity index (χ4n) is 2.48. The first-order valence-corrected chi connectivity index (χ1v) is 6.32. The van der Waals surface area contributed by atoms with Gasteiger partial charge in [0.25, 0.3) is 0 Å². The average molecular weight is 231 g/mol. The molecule has 3 nitrogen and oxygen atoms in total. The van der Waals surface area contributed by atoms with E-state index in [2.05, 4.69) is 5.16 Å². The topological polar surface area (TPSA) is 30.8 Å². The first-order valence-electron chi connectivity index (χ1n) is 6.32. The van der Waals surface area contributed by atoms with Crippen LogP contribution in [0, 0.1) is 0 Å². The Morgan fingerprint density at radius 3 is 2.41 bits per heavy atom. The summed E-state index contributed by atoms with van der Waals surface area (Å²) in [7, 11) is 0. The van der Waals surface area contributed by atoms with Crippen molar-refractivity contribution >= 4 is 5.71 Å². The average Bonchev–Trinajstić information content (AvgIpc) is 2.42. The number of hydrogen-bond donors (Lipinski definition) is 0. The van der Waals surface area contributed by atoms with Gasteiger partial charge in [0.15, 0.2) is 0 Å². The van der Waals surface area contributed by atoms with Crippen LogP contribution < -0.4 is 0 Å². The summed E-state index contributed by atoms with van der Waals surface area (Å²) in [6, 6.07) is 10.1. The molecular weight excluding hydrogens is 214 g/mol. The number of rotatable bonds is 1. The number of hydrogen-bond acceptors (Lipinski definition) is 3. The summed E-state index contributed by atoms with van der Waals surface area (Å²) in [6.07, 6.45) is 5.58. The van der Waals surface area contributed by atoms with Crippen LogP contribution in [0.15, 0.2) is 35.5 Å². The van der Waals surface area contributed by atoms with E-state index in [4.69, 9.17) is 9.57 Å². The molecule has 1 heterocycles. The molecule has 1 aliphatic carbocycles. The van der Waals surface area contributed by atoms with E-state index in [1.54, 1.807) is 0 Å². The second-order valence-corrected chi connectivity index (χ2v) is 4.76. The first-order chi connectivity index (χ1) is 8.38. The molecule has 0 N–H and O–H groups in total. The van der Waals surface area contributed by atoms with Gasteiger partial charge in [0.2, 0.25) is 5.79 Å². The summed E-state index contributed by atoms with van der Waals surface area (Å²) in [5, 5.41) is 4.27. The van der Waals surface area contributed by atoms with Crippen LogP contribution in [0.2, 0.25) is 0 Å². The van der Waals surface area contributed by atoms with Gasteiger partial charge in [-0.15, -0.1) is 0 Å². The van der Waals surface area contributed by atoms with Gasteiger partial charge in [0.05, 0.1) is 6.61 Å². The third-order valence-electron chi connectivity index (χ3n) is 3.52. The van der Waals surface area contributed by atoms with Gasteiger partial charge in [-0.3, -0.25) is 0 Å². The highest BCUT2D eigenvalue weighted by molar-refractivity contribution is 6.01. The number of ether oxygens (including phenoxy) is 1. The molecule has 1 spiro atoms. The van der Waals surface area contributed by atoms with E-state index in [1.165, 1.54) is 19.3 Å². The van der Waals surface area contributed by atoms with E-state index in [1.807, 2.05) is 30.3 Å². The second-order valence-electron chi connectivity index (χ2n) is 4.76. The van der Waals surface area contributed by atoms with Crippen LogP contribution in [0.5, 0.6) is 0 Å². The van der Waals surface area contributed by atoms with Gasteiger partial charge in [-0.2, -0.15) is 0 Å². The van der Waals surface area contributed by atoms with Gasteiger partial charge in [0.1, 0.15) is 5.71 Å². The van der Waals surface area contributed by atoms with Crippen molar-refractivity contribution in [1.82, 2.24) is 0 Å². The van der Waals surface area contributed by atoms with Crippen LogP contribution >= 0.6 is 0 Å². The summed E-state index contributed by atoms with van der Waals surface area (Å²) >= 11 is 0. The molecular formula is C14H17NO2. The zero-order valence-corrected chi connectivity index (χ0v) is 9.89. The molecule has 3 rings (SSSR count). The SMILES string of the molecule is c1ccc(C2=NOC3(CCCCC3)OC2)cc1. The van der Waals surface area contributed by atoms with Crippen molar-refractivity contribution < 1.29 is 9.57 Å². The highest BCUT2D eigenvalue weighted by atomic mass is 16.8. The van der Waals surface area contributed by atoms with E-state index < -0.39 is 5.79 Å². The maximum atomic E-state index is 5.92. The Labute approximate surface area is 101 Å². The van der Waals surface area contributed by atoms with Crippen molar-refractivity contribution in [1.29, 1.82) is 0 Å². The molecule has 0 bridgehead atoms. The smallest absolute Gasteiger partial charge is 0.237 e. The number of benzene rings is 1. The molecule has 1 aliphatic heterocycles. The lowest BCUT2D eigenvalue weighted by molar-refractivity contribution is -0.256. The first kappa shape index (κ1) is 10.8. The van der Waals surface area contributed by atoms with Crippen LogP contribution in [0.1, 0.15) is 37.7 Å². The number of oxime groups is 1. The zero-order valence-electron chi connectivity index (χ0n) is 9.89. The van der Waals surface area contributed by atoms with Crippen molar-refractivity contribution in [3.63, 3.8) is 0 Å². The summed E-state index contributed by atoms with van der Waals surface area (Å²) in [6.45, 7) is 0.560. The molecule has 0 aromatic heterocycles. The monoisotopic (exact) mass is 231 g/mol. The fourth-order valence-corrected chi connectivity index (χ4v) is 2.48. The molecule has 0 amide bonds. The molecule has 17 heavy (non-hydrogen) atoms. The summed E-state index contributed by atoms with van der Waals surface area (Å²) in [4.78, 5) is 5.64. The molecule has 0 saturated heterocycles. The van der Waals surface area contributed by atoms with Crippen LogP contribution in [-0.4, -0.2) is 18.1 Å². The third kappa shape index (κ3) is 2.20. The van der Waals surface area contributed by atoms with Crippen molar-refractivity contribution in [2.75, 3.05) is 6.61 Å². The maximum Gasteiger partial charge on any atom is 0.237 e. The minimum absolute atomic E-state index is 0.420. The standard InChI is InChI=1S/C14H17NO2/c1-3-7-12(8-4-1)13-11-16-14(17-15-13)9-5-2-6-10-14/h1,3-4,7-8H,2,5-6,9-11H2. The predicted molar refractivity (Wildman–Crippen MR) is 65.8 cm³/mol. The minimum Gasteiger partial charge on any atom is -0.360 e. The molecule has 90 valence electrons. The fraction of sp³-hybridized carbons (Fsp3) is 0.500. The van der Waals surface area contributed by atoms with Crippen LogP contribution in [-0.2, 0) is 9.57 Å². The molecule has 0 unspecified atom stereocenters. The van der Waals surface area contributed by atoms with Crippen LogP contribution in [0.25, 0.3) is 0 Å². The maximum absolute atomic E-state index is 5.92. The van der Waals surface area contributed by atoms with E-state index in [9.17, 15) is 0 Å². The van der Waals surface area contributed by atoms with Crippen molar-refractivity contribution in [3.8, 4) is 0 Å². The van der Waals surface area contributed by atoms with Gasteiger partial charge < -0.3 is 9.57 Å². The Hall–Kier alpha value is -1.35. The molecule has 1 fully saturated rings. The van der Waals surface area contributed by atoms with Gasteiger partial charge in [-0.1, -0.05) is 41.9 Å². The molecule has 1 aromatic rings. The van der Waals surface area contributed by atoms with Gasteiger partial charge in [-0.25, -0.2) is 0 Å². The molecule has 0 atom stereocenters. The van der Waals surface area contributed by atoms with E-state index in [-0.39, 0.29) is 0 Å². The molecule has 1 saturated carbocycles. The van der Waals surface area contributed by atoms with Crippen molar-refractivity contribution in [3.05, 3.63) is 35.9 Å². The highest BCUT2D eigenvalue weighted by Crippen LogP contribution is 2.35. The largest absolute Gasteiger partial charge is 0.360 e. The lowest BCUT2D eigenvalue weighted by Crippen LogP contribution is -2.41. The predicted octanol–water partition coefficient (Wildman–Crippen LogP) is 3.10. The summed E-state index contributed by atoms with van der Waals surface area (Å²) < 4.78 is 5.92. The van der Waals surface area contributed by atoms with Gasteiger partial charge >= 0.3 is 0 Å². The Bertz CT molecular complexity index is 407. The molecule has 0 radical (unpaired) electrons. The molecule has 3 heteroatoms. The zero-order chi connectivity index (χ0) is 11.6. The Balaban J connectivity index is 1.75. The second kappa shape index (κ2) is 4.49. The lowest BCUT2D eigenvalue weighted by Gasteiger charge is -2.37. The van der Waals surface area contributed by atoms with E-state index >= 15 is 0 Å². The summed E-state index contributed by atoms with van der Waals surface area (Å²) in [5.74, 6) is -0.420. The third-order valence-corrected chi connectivity index (χ3v) is 3.52. The number of nitrogens with zero attached hydrogens (tertiary/aromatic N) is 1.